The first kappa shape index (κ1) is 22.0. The zero-order valence-electron chi connectivity index (χ0n) is 17.0. The van der Waals surface area contributed by atoms with Crippen LogP contribution in [-0.2, 0) is 4.74 Å². The fourth-order valence-electron chi connectivity index (χ4n) is 4.42. The molecule has 0 rings (SSSR count). The molecule has 0 bridgehead atoms. The second-order valence-electron chi connectivity index (χ2n) is 9.74. The van der Waals surface area contributed by atoms with Gasteiger partial charge in [-0.1, -0.05) is 55.4 Å². The van der Waals surface area contributed by atoms with Gasteiger partial charge in [0.15, 0.2) is 0 Å². The van der Waals surface area contributed by atoms with Gasteiger partial charge >= 0.3 is 0 Å². The summed E-state index contributed by atoms with van der Waals surface area (Å²) >= 11 is 0. The highest BCUT2D eigenvalue weighted by Gasteiger charge is 2.21. The van der Waals surface area contributed by atoms with Crippen molar-refractivity contribution < 1.29 is 4.74 Å². The maximum atomic E-state index is 5.51. The Morgan fingerprint density at radius 2 is 1.23 bits per heavy atom. The maximum Gasteiger partial charge on any atom is 0.0490 e. The van der Waals surface area contributed by atoms with Crippen molar-refractivity contribution in [1.29, 1.82) is 0 Å². The highest BCUT2D eigenvalue weighted by molar-refractivity contribution is 4.72. The van der Waals surface area contributed by atoms with E-state index in [0.717, 1.165) is 36.2 Å². The first-order valence-electron chi connectivity index (χ1n) is 9.52. The minimum atomic E-state index is 0.439. The SMILES string of the molecule is COCC(CC(C)CC(C)CC(C)C)CC(C)CC(C)(C)C. The van der Waals surface area contributed by atoms with Crippen LogP contribution >= 0.6 is 0 Å². The van der Waals surface area contributed by atoms with Crippen LogP contribution in [0.5, 0.6) is 0 Å². The fraction of sp³-hybridized carbons (Fsp3) is 1.00. The Kier molecular flexibility index (Phi) is 10.7. The zero-order valence-corrected chi connectivity index (χ0v) is 17.0. The molecular formula is C21H44O. The number of hydrogen-bond acceptors (Lipinski definition) is 1. The molecule has 0 amide bonds. The molecule has 0 aliphatic heterocycles. The summed E-state index contributed by atoms with van der Waals surface area (Å²) in [4.78, 5) is 0. The van der Waals surface area contributed by atoms with Crippen LogP contribution in [0.2, 0.25) is 0 Å². The molecule has 4 atom stereocenters. The van der Waals surface area contributed by atoms with Gasteiger partial charge in [0.05, 0.1) is 0 Å². The van der Waals surface area contributed by atoms with E-state index in [4.69, 9.17) is 4.74 Å². The monoisotopic (exact) mass is 312 g/mol. The van der Waals surface area contributed by atoms with E-state index < -0.39 is 0 Å². The van der Waals surface area contributed by atoms with Crippen LogP contribution in [-0.4, -0.2) is 13.7 Å². The van der Waals surface area contributed by atoms with Crippen LogP contribution in [0.15, 0.2) is 0 Å². The summed E-state index contributed by atoms with van der Waals surface area (Å²) in [5, 5.41) is 0. The topological polar surface area (TPSA) is 9.23 Å². The molecule has 0 heterocycles. The van der Waals surface area contributed by atoms with E-state index in [2.05, 4.69) is 55.4 Å². The second kappa shape index (κ2) is 10.7. The van der Waals surface area contributed by atoms with Crippen LogP contribution < -0.4 is 0 Å². The molecule has 0 radical (unpaired) electrons. The molecule has 0 N–H and O–H groups in total. The van der Waals surface area contributed by atoms with Crippen LogP contribution in [0.3, 0.4) is 0 Å². The van der Waals surface area contributed by atoms with Crippen LogP contribution in [0.25, 0.3) is 0 Å². The van der Waals surface area contributed by atoms with Gasteiger partial charge in [-0.15, -0.1) is 0 Å². The minimum absolute atomic E-state index is 0.439. The van der Waals surface area contributed by atoms with Crippen molar-refractivity contribution >= 4 is 0 Å². The lowest BCUT2D eigenvalue weighted by molar-refractivity contribution is 0.116. The lowest BCUT2D eigenvalue weighted by Gasteiger charge is -2.28. The lowest BCUT2D eigenvalue weighted by Crippen LogP contribution is -2.19. The molecule has 0 saturated carbocycles. The summed E-state index contributed by atoms with van der Waals surface area (Å²) in [6, 6.07) is 0. The third-order valence-electron chi connectivity index (χ3n) is 4.51. The number of methoxy groups -OCH3 is 1. The van der Waals surface area contributed by atoms with Gasteiger partial charge in [0.25, 0.3) is 0 Å². The van der Waals surface area contributed by atoms with Crippen molar-refractivity contribution in [3.63, 3.8) is 0 Å². The predicted molar refractivity (Wildman–Crippen MR) is 100 cm³/mol. The van der Waals surface area contributed by atoms with Crippen molar-refractivity contribution in [2.75, 3.05) is 13.7 Å². The highest BCUT2D eigenvalue weighted by Crippen LogP contribution is 2.31. The summed E-state index contributed by atoms with van der Waals surface area (Å²) in [6.45, 7) is 19.9. The van der Waals surface area contributed by atoms with Gasteiger partial charge < -0.3 is 4.74 Å². The molecule has 0 spiro atoms. The molecule has 134 valence electrons. The smallest absolute Gasteiger partial charge is 0.0490 e. The molecule has 0 aromatic carbocycles. The highest BCUT2D eigenvalue weighted by atomic mass is 16.5. The quantitative estimate of drug-likeness (QED) is 0.407. The Bertz CT molecular complexity index is 264. The zero-order chi connectivity index (χ0) is 17.3. The number of hydrogen-bond donors (Lipinski definition) is 0. The fourth-order valence-corrected chi connectivity index (χ4v) is 4.42. The van der Waals surface area contributed by atoms with Crippen LogP contribution in [0.1, 0.15) is 87.5 Å². The van der Waals surface area contributed by atoms with E-state index >= 15 is 0 Å². The van der Waals surface area contributed by atoms with E-state index in [1.54, 1.807) is 0 Å². The van der Waals surface area contributed by atoms with E-state index in [-0.39, 0.29) is 0 Å². The Morgan fingerprint density at radius 3 is 1.68 bits per heavy atom. The van der Waals surface area contributed by atoms with Gasteiger partial charge in [0.1, 0.15) is 0 Å². The van der Waals surface area contributed by atoms with E-state index in [9.17, 15) is 0 Å². The molecular weight excluding hydrogens is 268 g/mol. The van der Waals surface area contributed by atoms with Gasteiger partial charge in [-0.25, -0.2) is 0 Å². The maximum absolute atomic E-state index is 5.51. The Labute approximate surface area is 141 Å². The van der Waals surface area contributed by atoms with Crippen molar-refractivity contribution in [3.05, 3.63) is 0 Å². The van der Waals surface area contributed by atoms with Crippen molar-refractivity contribution in [2.24, 2.45) is 35.0 Å². The Hall–Kier alpha value is -0.0400. The molecule has 0 fully saturated rings. The van der Waals surface area contributed by atoms with E-state index in [0.29, 0.717) is 5.41 Å². The molecule has 1 heteroatoms. The number of ether oxygens (including phenoxy) is 1. The molecule has 4 unspecified atom stereocenters. The van der Waals surface area contributed by atoms with Crippen molar-refractivity contribution in [2.45, 2.75) is 87.5 Å². The minimum Gasteiger partial charge on any atom is -0.384 e. The molecule has 0 saturated heterocycles. The van der Waals surface area contributed by atoms with Crippen molar-refractivity contribution in [1.82, 2.24) is 0 Å². The second-order valence-corrected chi connectivity index (χ2v) is 9.74. The van der Waals surface area contributed by atoms with Crippen LogP contribution in [0, 0.1) is 35.0 Å². The van der Waals surface area contributed by atoms with Crippen LogP contribution in [0.4, 0.5) is 0 Å². The predicted octanol–water partition coefficient (Wildman–Crippen LogP) is 6.81. The normalized spacial score (nSPS) is 18.3. The summed E-state index contributed by atoms with van der Waals surface area (Å²) in [6.07, 6.45) is 6.68. The summed E-state index contributed by atoms with van der Waals surface area (Å²) in [5.74, 6) is 4.01. The van der Waals surface area contributed by atoms with Gasteiger partial charge in [-0.05, 0) is 67.1 Å². The largest absolute Gasteiger partial charge is 0.384 e. The summed E-state index contributed by atoms with van der Waals surface area (Å²) in [5.41, 5.74) is 0.439. The van der Waals surface area contributed by atoms with E-state index in [1.165, 1.54) is 32.1 Å². The third kappa shape index (κ3) is 12.5. The Morgan fingerprint density at radius 1 is 0.727 bits per heavy atom. The van der Waals surface area contributed by atoms with Crippen molar-refractivity contribution in [3.8, 4) is 0 Å². The number of rotatable bonds is 11. The molecule has 0 aromatic rings. The Balaban J connectivity index is 4.32. The third-order valence-corrected chi connectivity index (χ3v) is 4.51. The van der Waals surface area contributed by atoms with E-state index in [1.807, 2.05) is 7.11 Å². The molecule has 0 aliphatic rings. The molecule has 0 aliphatic carbocycles. The van der Waals surface area contributed by atoms with Gasteiger partial charge in [0.2, 0.25) is 0 Å². The molecule has 22 heavy (non-hydrogen) atoms. The summed E-state index contributed by atoms with van der Waals surface area (Å²) in [7, 11) is 1.85. The van der Waals surface area contributed by atoms with Gasteiger partial charge in [-0.2, -0.15) is 0 Å². The average Bonchev–Trinajstić information content (AvgIpc) is 2.23. The summed E-state index contributed by atoms with van der Waals surface area (Å²) < 4.78 is 5.51. The average molecular weight is 313 g/mol. The molecule has 1 nitrogen and oxygen atoms in total. The molecule has 0 aromatic heterocycles. The van der Waals surface area contributed by atoms with Gasteiger partial charge in [-0.3, -0.25) is 0 Å². The standard InChI is InChI=1S/C21H44O/c1-16(2)10-17(3)11-18(4)12-20(15-22-9)13-19(5)14-21(6,7)8/h16-20H,10-15H2,1-9H3. The van der Waals surface area contributed by atoms with Gasteiger partial charge in [0, 0.05) is 13.7 Å². The first-order valence-corrected chi connectivity index (χ1v) is 9.52. The first-order chi connectivity index (χ1) is 10.0. The lowest BCUT2D eigenvalue weighted by atomic mass is 9.79.